The normalized spacial score (nSPS) is 11.7. The SMILES string of the molecule is CNCCCCCCCCc1cccc(N(C=O)C(C=O)CCC=O)c1N(C)C. The first kappa shape index (κ1) is 24.8. The van der Waals surface area contributed by atoms with E-state index < -0.39 is 6.04 Å². The number of carbonyl (C=O) groups is 3. The maximum absolute atomic E-state index is 11.8. The molecule has 1 unspecified atom stereocenters. The molecule has 1 N–H and O–H groups in total. The van der Waals surface area contributed by atoms with Crippen LogP contribution in [0.1, 0.15) is 56.9 Å². The van der Waals surface area contributed by atoms with Gasteiger partial charge in [0.25, 0.3) is 0 Å². The zero-order chi connectivity index (χ0) is 21.5. The summed E-state index contributed by atoms with van der Waals surface area (Å²) >= 11 is 0. The van der Waals surface area contributed by atoms with Crippen molar-refractivity contribution in [2.75, 3.05) is 37.5 Å². The largest absolute Gasteiger partial charge is 0.376 e. The van der Waals surface area contributed by atoms with E-state index >= 15 is 0 Å². The first-order valence-electron chi connectivity index (χ1n) is 10.7. The van der Waals surface area contributed by atoms with E-state index in [-0.39, 0.29) is 6.42 Å². The fourth-order valence-corrected chi connectivity index (χ4v) is 3.65. The summed E-state index contributed by atoms with van der Waals surface area (Å²) in [7, 11) is 5.89. The van der Waals surface area contributed by atoms with Crippen LogP contribution in [0.4, 0.5) is 11.4 Å². The van der Waals surface area contributed by atoms with E-state index in [0.717, 1.165) is 43.3 Å². The number of carbonyl (C=O) groups excluding carboxylic acids is 3. The molecule has 1 atom stereocenters. The summed E-state index contributed by atoms with van der Waals surface area (Å²) < 4.78 is 0. The average Bonchev–Trinajstić information content (AvgIpc) is 2.72. The lowest BCUT2D eigenvalue weighted by Gasteiger charge is -2.30. The zero-order valence-electron chi connectivity index (χ0n) is 18.2. The van der Waals surface area contributed by atoms with Crippen molar-refractivity contribution in [1.29, 1.82) is 0 Å². The summed E-state index contributed by atoms with van der Waals surface area (Å²) in [5, 5.41) is 3.18. The Kier molecular flexibility index (Phi) is 12.6. The lowest BCUT2D eigenvalue weighted by Crippen LogP contribution is -2.36. The lowest BCUT2D eigenvalue weighted by molar-refractivity contribution is -0.113. The van der Waals surface area contributed by atoms with E-state index in [1.165, 1.54) is 42.6 Å². The van der Waals surface area contributed by atoms with Crippen molar-refractivity contribution in [2.45, 2.75) is 63.8 Å². The number of aldehydes is 2. The van der Waals surface area contributed by atoms with Crippen LogP contribution in [0, 0.1) is 0 Å². The molecule has 1 aromatic rings. The Morgan fingerprint density at radius 3 is 2.28 bits per heavy atom. The van der Waals surface area contributed by atoms with Crippen molar-refractivity contribution < 1.29 is 14.4 Å². The van der Waals surface area contributed by atoms with Gasteiger partial charge in [-0.3, -0.25) is 4.79 Å². The topological polar surface area (TPSA) is 69.7 Å². The Morgan fingerprint density at radius 1 is 1.00 bits per heavy atom. The number of benzene rings is 1. The van der Waals surface area contributed by atoms with Crippen molar-refractivity contribution in [3.63, 3.8) is 0 Å². The Labute approximate surface area is 175 Å². The van der Waals surface area contributed by atoms with E-state index in [1.54, 1.807) is 0 Å². The fourth-order valence-electron chi connectivity index (χ4n) is 3.65. The molecule has 1 amide bonds. The molecule has 0 aliphatic carbocycles. The third-order valence-electron chi connectivity index (χ3n) is 5.15. The summed E-state index contributed by atoms with van der Waals surface area (Å²) in [5.41, 5.74) is 2.86. The maximum Gasteiger partial charge on any atom is 0.214 e. The average molecular weight is 404 g/mol. The van der Waals surface area contributed by atoms with Gasteiger partial charge in [-0.2, -0.15) is 0 Å². The number of hydrogen-bond acceptors (Lipinski definition) is 5. The Bertz CT molecular complexity index is 619. The monoisotopic (exact) mass is 403 g/mol. The van der Waals surface area contributed by atoms with Crippen molar-refractivity contribution in [3.8, 4) is 0 Å². The van der Waals surface area contributed by atoms with Crippen LogP contribution in [-0.4, -0.2) is 52.7 Å². The highest BCUT2D eigenvalue weighted by Crippen LogP contribution is 2.34. The summed E-state index contributed by atoms with van der Waals surface area (Å²) in [4.78, 5) is 37.5. The van der Waals surface area contributed by atoms with Crippen molar-refractivity contribution >= 4 is 30.4 Å². The molecular formula is C23H37N3O3. The van der Waals surface area contributed by atoms with Crippen LogP contribution < -0.4 is 15.1 Å². The minimum absolute atomic E-state index is 0.249. The second kappa shape index (κ2) is 14.7. The van der Waals surface area contributed by atoms with Crippen LogP contribution in [0.3, 0.4) is 0 Å². The first-order valence-corrected chi connectivity index (χ1v) is 10.7. The van der Waals surface area contributed by atoms with Gasteiger partial charge in [0.15, 0.2) is 0 Å². The molecule has 0 aliphatic rings. The molecule has 29 heavy (non-hydrogen) atoms. The predicted octanol–water partition coefficient (Wildman–Crippen LogP) is 3.36. The highest BCUT2D eigenvalue weighted by molar-refractivity contribution is 5.90. The quantitative estimate of drug-likeness (QED) is 0.319. The van der Waals surface area contributed by atoms with E-state index in [1.807, 2.05) is 38.2 Å². The van der Waals surface area contributed by atoms with E-state index in [2.05, 4.69) is 11.4 Å². The van der Waals surface area contributed by atoms with Gasteiger partial charge in [-0.1, -0.05) is 37.8 Å². The second-order valence-electron chi connectivity index (χ2n) is 7.61. The Balaban J connectivity index is 2.83. The first-order chi connectivity index (χ1) is 14.1. The molecule has 0 radical (unpaired) electrons. The molecule has 0 saturated carbocycles. The molecule has 1 rings (SSSR count). The van der Waals surface area contributed by atoms with Crippen LogP contribution >= 0.6 is 0 Å². The molecule has 0 aromatic heterocycles. The van der Waals surface area contributed by atoms with Gasteiger partial charge in [0.05, 0.1) is 17.4 Å². The maximum atomic E-state index is 11.8. The third kappa shape index (κ3) is 8.36. The second-order valence-corrected chi connectivity index (χ2v) is 7.61. The molecule has 162 valence electrons. The number of aryl methyl sites for hydroxylation is 1. The molecule has 0 bridgehead atoms. The van der Waals surface area contributed by atoms with Gasteiger partial charge in [0.2, 0.25) is 6.41 Å². The number of para-hydroxylation sites is 1. The van der Waals surface area contributed by atoms with Crippen LogP contribution in [0.15, 0.2) is 18.2 Å². The molecule has 0 aliphatic heterocycles. The molecule has 6 nitrogen and oxygen atoms in total. The van der Waals surface area contributed by atoms with Crippen molar-refractivity contribution in [1.82, 2.24) is 5.32 Å². The molecule has 0 fully saturated rings. The summed E-state index contributed by atoms with van der Waals surface area (Å²) in [6.45, 7) is 1.08. The van der Waals surface area contributed by atoms with Gasteiger partial charge in [-0.25, -0.2) is 0 Å². The Morgan fingerprint density at radius 2 is 1.69 bits per heavy atom. The van der Waals surface area contributed by atoms with Gasteiger partial charge in [-0.05, 0) is 50.9 Å². The van der Waals surface area contributed by atoms with E-state index in [9.17, 15) is 14.4 Å². The third-order valence-corrected chi connectivity index (χ3v) is 5.15. The fraction of sp³-hybridized carbons (Fsp3) is 0.609. The van der Waals surface area contributed by atoms with Gasteiger partial charge in [0.1, 0.15) is 12.6 Å². The molecule has 0 heterocycles. The number of anilines is 2. The van der Waals surface area contributed by atoms with Crippen LogP contribution in [0.5, 0.6) is 0 Å². The van der Waals surface area contributed by atoms with E-state index in [4.69, 9.17) is 0 Å². The zero-order valence-corrected chi connectivity index (χ0v) is 18.2. The highest BCUT2D eigenvalue weighted by atomic mass is 16.1. The van der Waals surface area contributed by atoms with Crippen molar-refractivity contribution in [2.24, 2.45) is 0 Å². The molecule has 6 heteroatoms. The lowest BCUT2D eigenvalue weighted by atomic mass is 10.0. The molecule has 1 aromatic carbocycles. The van der Waals surface area contributed by atoms with Gasteiger partial charge < -0.3 is 24.7 Å². The van der Waals surface area contributed by atoms with E-state index in [0.29, 0.717) is 12.8 Å². The smallest absolute Gasteiger partial charge is 0.214 e. The molecular weight excluding hydrogens is 366 g/mol. The summed E-state index contributed by atoms with van der Waals surface area (Å²) in [6.07, 6.45) is 11.0. The number of nitrogens with one attached hydrogen (secondary N) is 1. The van der Waals surface area contributed by atoms with Crippen LogP contribution in [-0.2, 0) is 20.8 Å². The van der Waals surface area contributed by atoms with Gasteiger partial charge in [-0.15, -0.1) is 0 Å². The standard InChI is InChI=1S/C23H37N3O3/c1-24-16-9-7-5-4-6-8-12-20-13-10-15-22(23(20)25(2)3)26(19-29)21(18-28)14-11-17-27/h10,13,15,17-19,21,24H,4-9,11-12,14,16H2,1-3H3. The van der Waals surface area contributed by atoms with Crippen LogP contribution in [0.2, 0.25) is 0 Å². The molecule has 0 saturated heterocycles. The number of nitrogens with zero attached hydrogens (tertiary/aromatic N) is 2. The number of unbranched alkanes of at least 4 members (excludes halogenated alkanes) is 5. The number of rotatable bonds is 17. The van der Waals surface area contributed by atoms with Crippen LogP contribution in [0.25, 0.3) is 0 Å². The minimum Gasteiger partial charge on any atom is -0.376 e. The number of amides is 1. The molecule has 0 spiro atoms. The van der Waals surface area contributed by atoms with Gasteiger partial charge >= 0.3 is 0 Å². The van der Waals surface area contributed by atoms with Gasteiger partial charge in [0, 0.05) is 20.5 Å². The Hall–Kier alpha value is -2.21. The minimum atomic E-state index is -0.635. The highest BCUT2D eigenvalue weighted by Gasteiger charge is 2.22. The predicted molar refractivity (Wildman–Crippen MR) is 120 cm³/mol. The number of hydrogen-bond donors (Lipinski definition) is 1. The summed E-state index contributed by atoms with van der Waals surface area (Å²) in [5.74, 6) is 0. The summed E-state index contributed by atoms with van der Waals surface area (Å²) in [6, 6.07) is 5.26. The van der Waals surface area contributed by atoms with Crippen molar-refractivity contribution in [3.05, 3.63) is 23.8 Å².